The molecule has 4 rings (SSSR count). The first-order chi connectivity index (χ1) is 49.9. The van der Waals surface area contributed by atoms with E-state index < -0.39 is 199 Å². The van der Waals surface area contributed by atoms with E-state index in [1.54, 1.807) is 47.6 Å². The second kappa shape index (κ2) is 43.0. The molecule has 106 heavy (non-hydrogen) atoms. The van der Waals surface area contributed by atoms with Crippen LogP contribution in [-0.4, -0.2) is 197 Å². The highest BCUT2D eigenvalue weighted by molar-refractivity contribution is 6.01. The summed E-state index contributed by atoms with van der Waals surface area (Å²) in [5.74, 6) is -20.2. The van der Waals surface area contributed by atoms with Gasteiger partial charge in [0, 0.05) is 6.54 Å². The van der Waals surface area contributed by atoms with E-state index in [1.165, 1.54) is 98.8 Å². The molecule has 0 aliphatic carbocycles. The van der Waals surface area contributed by atoms with Crippen LogP contribution >= 0.6 is 0 Å². The molecule has 1 fully saturated rings. The lowest BCUT2D eigenvalue weighted by Gasteiger charge is -2.34. The van der Waals surface area contributed by atoms with Crippen LogP contribution in [0.3, 0.4) is 0 Å². The Hall–Kier alpha value is -10.6. The highest BCUT2D eigenvalue weighted by Crippen LogP contribution is 2.26. The number of aliphatic hydroxyl groups excluding tert-OH is 2. The Bertz CT molecular complexity index is 3530. The maximum Gasteiger partial charge on any atom is 0.339 e. The van der Waals surface area contributed by atoms with Crippen molar-refractivity contribution in [1.29, 1.82) is 0 Å². The van der Waals surface area contributed by atoms with Crippen molar-refractivity contribution in [3.05, 3.63) is 108 Å². The molecule has 0 unspecified atom stereocenters. The Morgan fingerprint density at radius 1 is 0.585 bits per heavy atom. The second-order valence-electron chi connectivity index (χ2n) is 27.6. The maximum absolute atomic E-state index is 15.8. The molecule has 3 aromatic rings. The zero-order valence-electron chi connectivity index (χ0n) is 61.6. The van der Waals surface area contributed by atoms with Gasteiger partial charge < -0.3 is 101 Å². The smallest absolute Gasteiger partial charge is 0.339 e. The fourth-order valence-corrected chi connectivity index (χ4v) is 10.9. The molecule has 0 aromatic heterocycles. The van der Waals surface area contributed by atoms with Gasteiger partial charge in [0.05, 0.1) is 35.9 Å². The molecule has 34 heteroatoms. The molecule has 0 saturated carbocycles. The molecule has 1 aliphatic rings. The average Bonchev–Trinajstić information content (AvgIpc) is 0.812. The van der Waals surface area contributed by atoms with Crippen LogP contribution in [0, 0.1) is 29.6 Å². The van der Waals surface area contributed by atoms with Crippen molar-refractivity contribution in [3.63, 3.8) is 0 Å². The molecule has 1 heterocycles. The number of rotatable bonds is 27. The molecule has 0 spiro atoms. The van der Waals surface area contributed by atoms with Gasteiger partial charge in [0.1, 0.15) is 48.9 Å². The van der Waals surface area contributed by atoms with E-state index in [0.29, 0.717) is 0 Å². The number of benzene rings is 3. The monoisotopic (exact) mass is 1480 g/mol. The van der Waals surface area contributed by atoms with Crippen molar-refractivity contribution in [2.75, 3.05) is 19.7 Å². The lowest BCUT2D eigenvalue weighted by Crippen LogP contribution is -2.64. The third-order valence-corrected chi connectivity index (χ3v) is 16.9. The van der Waals surface area contributed by atoms with Gasteiger partial charge in [0.25, 0.3) is 5.91 Å². The highest BCUT2D eigenvalue weighted by atomic mass is 16.6. The first-order valence-corrected chi connectivity index (χ1v) is 35.1. The number of aliphatic hydroxyl groups is 2. The molecule has 34 nitrogen and oxygen atoms in total. The number of primary amides is 1. The summed E-state index contributed by atoms with van der Waals surface area (Å²) in [5.41, 5.74) is 22.9. The number of nitrogens with one attached hydrogen (secondary N) is 10. The summed E-state index contributed by atoms with van der Waals surface area (Å²) in [6.45, 7) is 15.3. The number of esters is 3. The summed E-state index contributed by atoms with van der Waals surface area (Å²) in [6, 6.07) is 2.56. The summed E-state index contributed by atoms with van der Waals surface area (Å²) in [5, 5.41) is 47.7. The normalized spacial score (nSPS) is 22.5. The molecule has 0 radical (unpaired) electrons. The third-order valence-electron chi connectivity index (χ3n) is 16.9. The van der Waals surface area contributed by atoms with Crippen LogP contribution in [0.1, 0.15) is 147 Å². The van der Waals surface area contributed by atoms with E-state index in [2.05, 4.69) is 58.2 Å². The molecule has 582 valence electrons. The van der Waals surface area contributed by atoms with Gasteiger partial charge in [0.15, 0.2) is 24.1 Å². The fourth-order valence-electron chi connectivity index (χ4n) is 10.9. The van der Waals surface area contributed by atoms with Crippen LogP contribution in [0.2, 0.25) is 0 Å². The van der Waals surface area contributed by atoms with Gasteiger partial charge in [-0.1, -0.05) is 142 Å². The van der Waals surface area contributed by atoms with Gasteiger partial charge in [-0.2, -0.15) is 0 Å². The Labute approximate surface area is 615 Å². The number of amides is 11. The number of cyclic esters (lactones) is 1. The number of hydrogen-bond donors (Lipinski definition) is 16. The van der Waals surface area contributed by atoms with Gasteiger partial charge in [-0.25, -0.2) is 14.4 Å². The number of aliphatic imine (C=N–C) groups is 1. The van der Waals surface area contributed by atoms with E-state index in [9.17, 15) is 53.4 Å². The number of nitrogens with two attached hydrogens (primary N) is 4. The number of carbonyl (C=O) groups excluding carboxylic acids is 14. The minimum Gasteiger partial charge on any atom is -0.459 e. The van der Waals surface area contributed by atoms with Gasteiger partial charge >= 0.3 is 17.9 Å². The number of hydrogen-bond acceptors (Lipinski definition) is 21. The molecular formula is C72H105N15O19. The summed E-state index contributed by atoms with van der Waals surface area (Å²) >= 11 is 0. The quantitative estimate of drug-likeness (QED) is 0.0133. The summed E-state index contributed by atoms with van der Waals surface area (Å²) in [7, 11) is 0. The zero-order valence-corrected chi connectivity index (χ0v) is 61.6. The summed E-state index contributed by atoms with van der Waals surface area (Å²) in [4.78, 5) is 208. The predicted octanol–water partition coefficient (Wildman–Crippen LogP) is -1.71. The largest absolute Gasteiger partial charge is 0.459 e. The molecule has 1 aliphatic heterocycles. The molecule has 15 atom stereocenters. The highest BCUT2D eigenvalue weighted by Gasteiger charge is 2.45. The van der Waals surface area contributed by atoms with Crippen molar-refractivity contribution in [2.45, 2.75) is 200 Å². The second-order valence-corrected chi connectivity index (χ2v) is 27.6. The number of carbonyl (C=O) groups is 14. The van der Waals surface area contributed by atoms with Gasteiger partial charge in [-0.3, -0.25) is 57.7 Å². The van der Waals surface area contributed by atoms with Gasteiger partial charge in [0.2, 0.25) is 65.2 Å². The van der Waals surface area contributed by atoms with Crippen LogP contribution in [0.25, 0.3) is 0 Å². The van der Waals surface area contributed by atoms with Crippen molar-refractivity contribution >= 4 is 88.8 Å². The molecule has 0 bridgehead atoms. The lowest BCUT2D eigenvalue weighted by molar-refractivity contribution is -0.159. The Morgan fingerprint density at radius 3 is 1.64 bits per heavy atom. The topological polar surface area (TPSA) is 544 Å². The average molecular weight is 1480 g/mol. The zero-order chi connectivity index (χ0) is 79.2. The van der Waals surface area contributed by atoms with E-state index in [0.717, 1.165) is 6.92 Å². The predicted molar refractivity (Wildman–Crippen MR) is 385 cm³/mol. The van der Waals surface area contributed by atoms with Crippen molar-refractivity contribution in [1.82, 2.24) is 53.2 Å². The van der Waals surface area contributed by atoms with E-state index >= 15 is 24.0 Å². The van der Waals surface area contributed by atoms with Gasteiger partial charge in [-0.05, 0) is 98.4 Å². The Morgan fingerprint density at radius 2 is 1.10 bits per heavy atom. The SMILES string of the molecule is CC[C@H](C)[C@@H]1NC(=O)[C@@H](CCCN=C(N)N)NC(=O)[C@H](CC(C)C)NC(=O)[C@H]([C@H](O)C(C)C)NC(=O)[C@@H](NC(=O)[C@H](CC(C)C)NC(=O)[C@H](N)CC(C)C)[C@@H](c2ccccc2)OC(=O)[C@H](COC(=O)c2ccccc2)NC(=O)[C@H]([C@H](OC(=O)c2ccccc2)C(N)=O)NC(=O)CNC(=O)[C@H]([C@H](C)O)NC1=O. The first kappa shape index (κ1) is 87.8. The van der Waals surface area contributed by atoms with Crippen LogP contribution in [0.5, 0.6) is 0 Å². The molecule has 3 aromatic carbocycles. The number of nitrogens with zero attached hydrogens (tertiary/aromatic N) is 1. The Balaban J connectivity index is 2.13. The van der Waals surface area contributed by atoms with Crippen LogP contribution in [0.4, 0.5) is 0 Å². The molecule has 20 N–H and O–H groups in total. The maximum atomic E-state index is 15.8. The van der Waals surface area contributed by atoms with E-state index in [-0.39, 0.29) is 79.6 Å². The molecule has 11 amide bonds. The first-order valence-electron chi connectivity index (χ1n) is 35.1. The van der Waals surface area contributed by atoms with Gasteiger partial charge in [-0.15, -0.1) is 0 Å². The molecular weight excluding hydrogens is 1380 g/mol. The van der Waals surface area contributed by atoms with Crippen molar-refractivity contribution in [2.24, 2.45) is 57.5 Å². The lowest BCUT2D eigenvalue weighted by atomic mass is 9.95. The van der Waals surface area contributed by atoms with Crippen LogP contribution < -0.4 is 76.1 Å². The standard InChI is InChI=1S/C72H105N15O19/c1-12-40(10)51-65(97)85-52(41(11)88)64(96)78-34-50(89)83-55(58(59(74)91)106-70(102)44-27-20-15-21-28-44)67(99)82-49(35-104-69(101)43-25-18-14-19-26-43)71(103)105-57(42-23-16-13-17-24-42)54(87-63(95)48(33-38(6)7)80-60(92)45(73)31-36(2)3)68(100)86-53(56(90)39(8)9)66(98)81-47(32-37(4)5)62(94)79-46(61(93)84-51)29-22-30-77-72(75)76/h13-21,23-28,36-41,45-49,51-58,88,90H,12,22,29-35,73H2,1-11H3,(H2,74,91)(H,78,96)(H,79,94)(H,80,92)(H,81,98)(H,82,99)(H,83,89)(H,84,93)(H,85,97)(H,86,100)(H,87,95)(H4,75,76,77)/t40-,41-,45+,46+,47-,48-,49-,51-,52-,53-,54-,55-,56+,57+,58-/m0/s1. The van der Waals surface area contributed by atoms with Crippen LogP contribution in [-0.2, 0) is 71.7 Å². The fraction of sp³-hybridized carbons (Fsp3) is 0.542. The minimum atomic E-state index is -2.52. The van der Waals surface area contributed by atoms with E-state index in [4.69, 9.17) is 37.1 Å². The number of guanidine groups is 1. The Kier molecular flexibility index (Phi) is 35.6. The minimum absolute atomic E-state index is 0.0211. The van der Waals surface area contributed by atoms with E-state index in [1.807, 2.05) is 13.8 Å². The molecule has 1 saturated heterocycles. The summed E-state index contributed by atoms with van der Waals surface area (Å²) in [6.07, 6.45) is -8.40. The number of ether oxygens (including phenoxy) is 3. The third kappa shape index (κ3) is 28.1. The van der Waals surface area contributed by atoms with Crippen LogP contribution in [0.15, 0.2) is 96.0 Å². The summed E-state index contributed by atoms with van der Waals surface area (Å²) < 4.78 is 17.3. The van der Waals surface area contributed by atoms with Crippen molar-refractivity contribution < 1.29 is 91.5 Å². The van der Waals surface area contributed by atoms with Crippen molar-refractivity contribution in [3.8, 4) is 0 Å².